The van der Waals surface area contributed by atoms with Crippen LogP contribution < -0.4 is 5.73 Å². The molecule has 92 valence electrons. The van der Waals surface area contributed by atoms with Crippen molar-refractivity contribution in [3.63, 3.8) is 0 Å². The largest absolute Gasteiger partial charge is 0.462 e. The quantitative estimate of drug-likeness (QED) is 0.804. The van der Waals surface area contributed by atoms with E-state index in [1.54, 1.807) is 19.2 Å². The SMILES string of the molecule is CCOC(=O)c1ccc(C2(CN)CCC2)nc1. The van der Waals surface area contributed by atoms with Crippen LogP contribution in [0, 0.1) is 0 Å². The predicted octanol–water partition coefficient (Wildman–Crippen LogP) is 1.64. The van der Waals surface area contributed by atoms with Gasteiger partial charge in [0.05, 0.1) is 12.2 Å². The Balaban J connectivity index is 2.15. The predicted molar refractivity (Wildman–Crippen MR) is 64.8 cm³/mol. The highest BCUT2D eigenvalue weighted by molar-refractivity contribution is 5.88. The van der Waals surface area contributed by atoms with Gasteiger partial charge in [0.25, 0.3) is 0 Å². The van der Waals surface area contributed by atoms with Gasteiger partial charge in [0.15, 0.2) is 0 Å². The second-order valence-corrected chi connectivity index (χ2v) is 4.49. The third kappa shape index (κ3) is 2.17. The summed E-state index contributed by atoms with van der Waals surface area (Å²) in [5.74, 6) is -0.318. The zero-order valence-electron chi connectivity index (χ0n) is 10.1. The van der Waals surface area contributed by atoms with E-state index >= 15 is 0 Å². The van der Waals surface area contributed by atoms with E-state index in [0.717, 1.165) is 18.5 Å². The lowest BCUT2D eigenvalue weighted by atomic mass is 9.66. The number of nitrogens with zero attached hydrogens (tertiary/aromatic N) is 1. The van der Waals surface area contributed by atoms with Gasteiger partial charge in [0, 0.05) is 23.9 Å². The molecular weight excluding hydrogens is 216 g/mol. The molecule has 4 heteroatoms. The molecule has 0 amide bonds. The lowest BCUT2D eigenvalue weighted by Crippen LogP contribution is -2.42. The summed E-state index contributed by atoms with van der Waals surface area (Å²) in [6, 6.07) is 3.67. The summed E-state index contributed by atoms with van der Waals surface area (Å²) in [6.45, 7) is 2.80. The normalized spacial score (nSPS) is 17.3. The molecule has 17 heavy (non-hydrogen) atoms. The van der Waals surface area contributed by atoms with Gasteiger partial charge < -0.3 is 10.5 Å². The molecule has 0 unspecified atom stereocenters. The number of hydrogen-bond donors (Lipinski definition) is 1. The van der Waals surface area contributed by atoms with E-state index in [9.17, 15) is 4.79 Å². The summed E-state index contributed by atoms with van der Waals surface area (Å²) in [5.41, 5.74) is 7.36. The van der Waals surface area contributed by atoms with Crippen LogP contribution in [0.1, 0.15) is 42.2 Å². The maximum Gasteiger partial charge on any atom is 0.339 e. The lowest BCUT2D eigenvalue weighted by molar-refractivity contribution is 0.0525. The fourth-order valence-electron chi connectivity index (χ4n) is 2.21. The summed E-state index contributed by atoms with van der Waals surface area (Å²) >= 11 is 0. The Labute approximate surface area is 101 Å². The Hall–Kier alpha value is -1.42. The van der Waals surface area contributed by atoms with Crippen LogP contribution in [0.4, 0.5) is 0 Å². The molecule has 0 saturated heterocycles. The van der Waals surface area contributed by atoms with Gasteiger partial charge in [-0.25, -0.2) is 4.79 Å². The first-order valence-electron chi connectivity index (χ1n) is 6.05. The summed E-state index contributed by atoms with van der Waals surface area (Å²) < 4.78 is 4.92. The first kappa shape index (κ1) is 12.0. The maximum atomic E-state index is 11.5. The van der Waals surface area contributed by atoms with Crippen molar-refractivity contribution in [1.29, 1.82) is 0 Å². The zero-order valence-corrected chi connectivity index (χ0v) is 10.1. The van der Waals surface area contributed by atoms with Crippen molar-refractivity contribution in [1.82, 2.24) is 4.98 Å². The van der Waals surface area contributed by atoms with E-state index in [4.69, 9.17) is 10.5 Å². The molecule has 0 radical (unpaired) electrons. The fraction of sp³-hybridized carbons (Fsp3) is 0.538. The number of carbonyl (C=O) groups excluding carboxylic acids is 1. The van der Waals surface area contributed by atoms with Crippen molar-refractivity contribution in [3.8, 4) is 0 Å². The summed E-state index contributed by atoms with van der Waals surface area (Å²) in [4.78, 5) is 15.8. The summed E-state index contributed by atoms with van der Waals surface area (Å²) in [6.07, 6.45) is 4.98. The second-order valence-electron chi connectivity index (χ2n) is 4.49. The van der Waals surface area contributed by atoms with Gasteiger partial charge in [-0.05, 0) is 31.9 Å². The molecule has 0 spiro atoms. The Bertz CT molecular complexity index is 391. The molecule has 0 atom stereocenters. The number of nitrogens with two attached hydrogens (primary N) is 1. The van der Waals surface area contributed by atoms with Gasteiger partial charge in [-0.2, -0.15) is 0 Å². The molecule has 1 aliphatic rings. The Morgan fingerprint density at radius 1 is 1.53 bits per heavy atom. The molecule has 0 aromatic carbocycles. The number of carbonyl (C=O) groups is 1. The molecule has 0 bridgehead atoms. The highest BCUT2D eigenvalue weighted by Crippen LogP contribution is 2.41. The molecule has 4 nitrogen and oxygen atoms in total. The number of aromatic nitrogens is 1. The van der Waals surface area contributed by atoms with Gasteiger partial charge in [-0.15, -0.1) is 0 Å². The first-order valence-corrected chi connectivity index (χ1v) is 6.05. The van der Waals surface area contributed by atoms with Crippen LogP contribution >= 0.6 is 0 Å². The van der Waals surface area contributed by atoms with Crippen molar-refractivity contribution in [3.05, 3.63) is 29.6 Å². The first-order chi connectivity index (χ1) is 8.22. The third-order valence-corrected chi connectivity index (χ3v) is 3.52. The van der Waals surface area contributed by atoms with Gasteiger partial charge in [0.1, 0.15) is 0 Å². The van der Waals surface area contributed by atoms with Crippen LogP contribution in [-0.2, 0) is 10.2 Å². The molecule has 1 heterocycles. The van der Waals surface area contributed by atoms with Crippen molar-refractivity contribution in [2.75, 3.05) is 13.2 Å². The second kappa shape index (κ2) is 4.84. The third-order valence-electron chi connectivity index (χ3n) is 3.52. The van der Waals surface area contributed by atoms with Crippen molar-refractivity contribution >= 4 is 5.97 Å². The molecule has 1 aromatic heterocycles. The lowest BCUT2D eigenvalue weighted by Gasteiger charge is -2.40. The standard InChI is InChI=1S/C13H18N2O2/c1-2-17-12(16)10-4-5-11(15-8-10)13(9-14)6-3-7-13/h4-5,8H,2-3,6-7,9,14H2,1H3. The van der Waals surface area contributed by atoms with Gasteiger partial charge in [-0.3, -0.25) is 4.98 Å². The van der Waals surface area contributed by atoms with E-state index in [1.807, 2.05) is 6.07 Å². The van der Waals surface area contributed by atoms with E-state index < -0.39 is 0 Å². The number of ether oxygens (including phenoxy) is 1. The number of rotatable bonds is 4. The molecule has 0 aliphatic heterocycles. The van der Waals surface area contributed by atoms with Crippen molar-refractivity contribution < 1.29 is 9.53 Å². The van der Waals surface area contributed by atoms with Crippen LogP contribution in [0.3, 0.4) is 0 Å². The molecule has 1 fully saturated rings. The molecule has 1 aromatic rings. The van der Waals surface area contributed by atoms with Crippen LogP contribution in [0.25, 0.3) is 0 Å². The van der Waals surface area contributed by atoms with Gasteiger partial charge >= 0.3 is 5.97 Å². The van der Waals surface area contributed by atoms with Gasteiger partial charge in [0.2, 0.25) is 0 Å². The molecule has 2 rings (SSSR count). The number of esters is 1. The molecule has 2 N–H and O–H groups in total. The topological polar surface area (TPSA) is 65.2 Å². The average molecular weight is 234 g/mol. The molecular formula is C13H18N2O2. The highest BCUT2D eigenvalue weighted by atomic mass is 16.5. The van der Waals surface area contributed by atoms with E-state index in [1.165, 1.54) is 6.42 Å². The zero-order chi connectivity index (χ0) is 12.3. The molecule has 1 saturated carbocycles. The maximum absolute atomic E-state index is 11.5. The summed E-state index contributed by atoms with van der Waals surface area (Å²) in [5, 5.41) is 0. The van der Waals surface area contributed by atoms with Gasteiger partial charge in [-0.1, -0.05) is 6.42 Å². The Morgan fingerprint density at radius 2 is 2.29 bits per heavy atom. The minimum Gasteiger partial charge on any atom is -0.462 e. The highest BCUT2D eigenvalue weighted by Gasteiger charge is 2.38. The number of pyridine rings is 1. The van der Waals surface area contributed by atoms with Crippen molar-refractivity contribution in [2.45, 2.75) is 31.6 Å². The average Bonchev–Trinajstić information content (AvgIpc) is 2.29. The van der Waals surface area contributed by atoms with Crippen molar-refractivity contribution in [2.24, 2.45) is 5.73 Å². The van der Waals surface area contributed by atoms with E-state index in [2.05, 4.69) is 4.98 Å². The van der Waals surface area contributed by atoms with Crippen LogP contribution in [0.15, 0.2) is 18.3 Å². The van der Waals surface area contributed by atoms with Crippen LogP contribution in [0.2, 0.25) is 0 Å². The minimum atomic E-state index is -0.318. The fourth-order valence-corrected chi connectivity index (χ4v) is 2.21. The smallest absolute Gasteiger partial charge is 0.339 e. The van der Waals surface area contributed by atoms with E-state index in [0.29, 0.717) is 18.7 Å². The minimum absolute atomic E-state index is 0.0488. The summed E-state index contributed by atoms with van der Waals surface area (Å²) in [7, 11) is 0. The van der Waals surface area contributed by atoms with E-state index in [-0.39, 0.29) is 11.4 Å². The Morgan fingerprint density at radius 3 is 2.71 bits per heavy atom. The molecule has 1 aliphatic carbocycles. The number of hydrogen-bond acceptors (Lipinski definition) is 4. The Kier molecular flexibility index (Phi) is 3.43. The van der Waals surface area contributed by atoms with Crippen LogP contribution in [0.5, 0.6) is 0 Å². The van der Waals surface area contributed by atoms with Crippen LogP contribution in [-0.4, -0.2) is 24.1 Å². The monoisotopic (exact) mass is 234 g/mol.